The molecule has 0 radical (unpaired) electrons. The van der Waals surface area contributed by atoms with Crippen molar-refractivity contribution in [2.45, 2.75) is 25.4 Å². The molecule has 4 nitrogen and oxygen atoms in total. The molecule has 1 aromatic rings. The van der Waals surface area contributed by atoms with E-state index in [2.05, 4.69) is 10.6 Å². The molecule has 7 heteroatoms. The molecule has 0 saturated heterocycles. The Bertz CT molecular complexity index is 541. The maximum Gasteiger partial charge on any atom is 0.389 e. The van der Waals surface area contributed by atoms with Crippen LogP contribution in [0.3, 0.4) is 0 Å². The van der Waals surface area contributed by atoms with Crippen LogP contribution < -0.4 is 10.6 Å². The topological polar surface area (TPSA) is 58.2 Å². The lowest BCUT2D eigenvalue weighted by atomic mass is 10.1. The van der Waals surface area contributed by atoms with E-state index in [0.717, 1.165) is 5.56 Å². The first-order valence-corrected chi connectivity index (χ1v) is 6.13. The van der Waals surface area contributed by atoms with Gasteiger partial charge in [0.15, 0.2) is 0 Å². The van der Waals surface area contributed by atoms with Crippen LogP contribution in [0, 0.1) is 0 Å². The number of carbonyl (C=O) groups excluding carboxylic acids is 2. The Morgan fingerprint density at radius 1 is 1.35 bits per heavy atom. The summed E-state index contributed by atoms with van der Waals surface area (Å²) in [6.45, 7) is -0.0399. The van der Waals surface area contributed by atoms with E-state index >= 15 is 0 Å². The quantitative estimate of drug-likeness (QED) is 0.834. The second-order valence-corrected chi connectivity index (χ2v) is 4.57. The van der Waals surface area contributed by atoms with Gasteiger partial charge in [0.1, 0.15) is 0 Å². The largest absolute Gasteiger partial charge is 0.389 e. The molecule has 2 N–H and O–H groups in total. The minimum atomic E-state index is -4.21. The van der Waals surface area contributed by atoms with Gasteiger partial charge < -0.3 is 10.6 Å². The predicted molar refractivity (Wildman–Crippen MR) is 66.4 cm³/mol. The Morgan fingerprint density at radius 3 is 2.80 bits per heavy atom. The zero-order valence-electron chi connectivity index (χ0n) is 10.5. The number of benzene rings is 1. The molecule has 0 unspecified atom stereocenters. The molecule has 0 atom stereocenters. The monoisotopic (exact) mass is 286 g/mol. The highest BCUT2D eigenvalue weighted by molar-refractivity contribution is 6.02. The van der Waals surface area contributed by atoms with Crippen LogP contribution in [0.4, 0.5) is 18.9 Å². The van der Waals surface area contributed by atoms with E-state index in [4.69, 9.17) is 0 Å². The van der Waals surface area contributed by atoms with Gasteiger partial charge in [0.25, 0.3) is 5.91 Å². The van der Waals surface area contributed by atoms with Crippen molar-refractivity contribution in [2.75, 3.05) is 11.9 Å². The van der Waals surface area contributed by atoms with Crippen molar-refractivity contribution >= 4 is 17.5 Å². The van der Waals surface area contributed by atoms with E-state index in [9.17, 15) is 22.8 Å². The number of alkyl halides is 3. The fourth-order valence-electron chi connectivity index (χ4n) is 1.95. The molecule has 2 rings (SSSR count). The molecular formula is C13H13F3N2O2. The molecule has 1 aromatic carbocycles. The fraction of sp³-hybridized carbons (Fsp3) is 0.385. The third kappa shape index (κ3) is 3.72. The third-order valence-electron chi connectivity index (χ3n) is 2.92. The lowest BCUT2D eigenvalue weighted by Crippen LogP contribution is -2.25. The van der Waals surface area contributed by atoms with Crippen LogP contribution >= 0.6 is 0 Å². The van der Waals surface area contributed by atoms with Crippen molar-refractivity contribution in [1.82, 2.24) is 5.32 Å². The molecule has 0 bridgehead atoms. The number of halogens is 3. The second kappa shape index (κ2) is 5.52. The zero-order valence-corrected chi connectivity index (χ0v) is 10.5. The molecule has 0 aromatic heterocycles. The lowest BCUT2D eigenvalue weighted by molar-refractivity contribution is -0.135. The van der Waals surface area contributed by atoms with Crippen molar-refractivity contribution in [3.63, 3.8) is 0 Å². The summed E-state index contributed by atoms with van der Waals surface area (Å²) in [7, 11) is 0. The summed E-state index contributed by atoms with van der Waals surface area (Å²) < 4.78 is 35.8. The summed E-state index contributed by atoms with van der Waals surface area (Å²) in [4.78, 5) is 22.9. The van der Waals surface area contributed by atoms with Crippen molar-refractivity contribution in [3.8, 4) is 0 Å². The zero-order chi connectivity index (χ0) is 14.8. The van der Waals surface area contributed by atoms with Gasteiger partial charge in [0.05, 0.1) is 6.42 Å². The molecular weight excluding hydrogens is 273 g/mol. The first-order chi connectivity index (χ1) is 9.35. The average molecular weight is 286 g/mol. The van der Waals surface area contributed by atoms with Crippen LogP contribution in [-0.4, -0.2) is 24.5 Å². The maximum atomic E-state index is 11.9. The second-order valence-electron chi connectivity index (χ2n) is 4.57. The SMILES string of the molecule is O=C1Cc2ccc(C(=O)NCCCC(F)(F)F)cc2N1. The molecule has 1 aliphatic heterocycles. The number of hydrogen-bond donors (Lipinski definition) is 2. The van der Waals surface area contributed by atoms with Gasteiger partial charge in [-0.1, -0.05) is 6.07 Å². The van der Waals surface area contributed by atoms with Crippen molar-refractivity contribution < 1.29 is 22.8 Å². The smallest absolute Gasteiger partial charge is 0.352 e. The van der Waals surface area contributed by atoms with Crippen molar-refractivity contribution in [1.29, 1.82) is 0 Å². The first-order valence-electron chi connectivity index (χ1n) is 6.13. The summed E-state index contributed by atoms with van der Waals surface area (Å²) in [5.41, 5.74) is 1.71. The molecule has 20 heavy (non-hydrogen) atoms. The molecule has 1 aliphatic rings. The Morgan fingerprint density at radius 2 is 2.10 bits per heavy atom. The highest BCUT2D eigenvalue weighted by Crippen LogP contribution is 2.24. The van der Waals surface area contributed by atoms with E-state index < -0.39 is 18.5 Å². The summed E-state index contributed by atoms with van der Waals surface area (Å²) >= 11 is 0. The molecule has 0 saturated carbocycles. The molecule has 108 valence electrons. The van der Waals surface area contributed by atoms with E-state index in [1.54, 1.807) is 12.1 Å². The van der Waals surface area contributed by atoms with Crippen LogP contribution in [0.1, 0.15) is 28.8 Å². The number of hydrogen-bond acceptors (Lipinski definition) is 2. The molecule has 1 heterocycles. The predicted octanol–water partition coefficient (Wildman–Crippen LogP) is 2.25. The number of carbonyl (C=O) groups is 2. The molecule has 0 spiro atoms. The number of amides is 2. The Hall–Kier alpha value is -2.05. The lowest BCUT2D eigenvalue weighted by Gasteiger charge is -2.08. The Kier molecular flexibility index (Phi) is 3.96. The summed E-state index contributed by atoms with van der Waals surface area (Å²) in [6.07, 6.45) is -5.00. The van der Waals surface area contributed by atoms with Crippen LogP contribution in [0.5, 0.6) is 0 Å². The number of nitrogens with one attached hydrogen (secondary N) is 2. The van der Waals surface area contributed by atoms with Crippen LogP contribution in [-0.2, 0) is 11.2 Å². The summed E-state index contributed by atoms with van der Waals surface area (Å²) in [6, 6.07) is 4.75. The standard InChI is InChI=1S/C13H13F3N2O2/c14-13(15,16)4-1-5-17-12(20)9-3-2-8-7-11(19)18-10(8)6-9/h2-3,6H,1,4-5,7H2,(H,17,20)(H,18,19). The van der Waals surface area contributed by atoms with Crippen LogP contribution in [0.25, 0.3) is 0 Å². The number of anilines is 1. The van der Waals surface area contributed by atoms with Gasteiger partial charge in [-0.2, -0.15) is 13.2 Å². The molecule has 2 amide bonds. The highest BCUT2D eigenvalue weighted by atomic mass is 19.4. The van der Waals surface area contributed by atoms with Crippen LogP contribution in [0.15, 0.2) is 18.2 Å². The average Bonchev–Trinajstić information content (AvgIpc) is 2.72. The van der Waals surface area contributed by atoms with E-state index in [0.29, 0.717) is 11.3 Å². The van der Waals surface area contributed by atoms with Crippen molar-refractivity contribution in [3.05, 3.63) is 29.3 Å². The summed E-state index contributed by atoms with van der Waals surface area (Å²) in [5.74, 6) is -0.584. The van der Waals surface area contributed by atoms with Crippen LogP contribution in [0.2, 0.25) is 0 Å². The molecule has 0 fully saturated rings. The maximum absolute atomic E-state index is 11.9. The number of rotatable bonds is 4. The van der Waals surface area contributed by atoms with Gasteiger partial charge in [0, 0.05) is 24.2 Å². The highest BCUT2D eigenvalue weighted by Gasteiger charge is 2.26. The van der Waals surface area contributed by atoms with Crippen molar-refractivity contribution in [2.24, 2.45) is 0 Å². The van der Waals surface area contributed by atoms with E-state index in [1.165, 1.54) is 6.07 Å². The van der Waals surface area contributed by atoms with Gasteiger partial charge in [0.2, 0.25) is 5.91 Å². The minimum absolute atomic E-state index is 0.0399. The van der Waals surface area contributed by atoms with Gasteiger partial charge in [-0.25, -0.2) is 0 Å². The van der Waals surface area contributed by atoms with Gasteiger partial charge >= 0.3 is 6.18 Å². The Labute approximate surface area is 113 Å². The normalized spacial score (nSPS) is 13.8. The fourth-order valence-corrected chi connectivity index (χ4v) is 1.95. The Balaban J connectivity index is 1.88. The van der Waals surface area contributed by atoms with Gasteiger partial charge in [-0.15, -0.1) is 0 Å². The summed E-state index contributed by atoms with van der Waals surface area (Å²) in [5, 5.41) is 5.03. The number of fused-ring (bicyclic) bond motifs is 1. The molecule has 0 aliphatic carbocycles. The van der Waals surface area contributed by atoms with Gasteiger partial charge in [-0.05, 0) is 24.1 Å². The van der Waals surface area contributed by atoms with Gasteiger partial charge in [-0.3, -0.25) is 9.59 Å². The van der Waals surface area contributed by atoms with E-state index in [1.807, 2.05) is 0 Å². The third-order valence-corrected chi connectivity index (χ3v) is 2.92. The first kappa shape index (κ1) is 14.4. The minimum Gasteiger partial charge on any atom is -0.352 e. The van der Waals surface area contributed by atoms with E-state index in [-0.39, 0.29) is 25.3 Å².